The fourth-order valence-corrected chi connectivity index (χ4v) is 3.35. The standard InChI is InChI=1S/C28H25N3O4/c1-20-6-12-25(34-20)14-16-27(32)30-22-8-10-24(11-9-22)31(19-23-5-3-4-18-29-23)28(33)17-15-26-13-7-21(2)35-26/h3-18H,19H2,1-2H3,(H,30,32)/b16-14-,17-15+. The fraction of sp³-hybridized carbons (Fsp3) is 0.107. The zero-order chi connectivity index (χ0) is 24.6. The molecule has 35 heavy (non-hydrogen) atoms. The molecule has 0 radical (unpaired) electrons. The molecule has 4 rings (SSSR count). The Kier molecular flexibility index (Phi) is 7.37. The number of aromatic nitrogens is 1. The van der Waals surface area contributed by atoms with Gasteiger partial charge in [0.25, 0.3) is 5.91 Å². The highest BCUT2D eigenvalue weighted by atomic mass is 16.3. The van der Waals surface area contributed by atoms with E-state index < -0.39 is 0 Å². The van der Waals surface area contributed by atoms with Gasteiger partial charge in [0.2, 0.25) is 5.91 Å². The molecule has 0 unspecified atom stereocenters. The van der Waals surface area contributed by atoms with E-state index in [1.165, 1.54) is 12.2 Å². The highest BCUT2D eigenvalue weighted by Gasteiger charge is 2.15. The molecule has 0 aliphatic heterocycles. The Bertz CT molecular complexity index is 1350. The molecule has 1 N–H and O–H groups in total. The highest BCUT2D eigenvalue weighted by Crippen LogP contribution is 2.21. The lowest BCUT2D eigenvalue weighted by atomic mass is 10.2. The number of hydrogen-bond donors (Lipinski definition) is 1. The molecule has 0 atom stereocenters. The van der Waals surface area contributed by atoms with Crippen LogP contribution in [0.25, 0.3) is 12.2 Å². The topological polar surface area (TPSA) is 88.6 Å². The number of rotatable bonds is 8. The number of nitrogens with one attached hydrogen (secondary N) is 1. The number of hydrogen-bond acceptors (Lipinski definition) is 5. The van der Waals surface area contributed by atoms with Crippen LogP contribution in [0, 0.1) is 13.8 Å². The molecule has 0 saturated carbocycles. The third-order valence-corrected chi connectivity index (χ3v) is 5.07. The predicted octanol–water partition coefficient (Wildman–Crippen LogP) is 5.78. The third kappa shape index (κ3) is 6.68. The van der Waals surface area contributed by atoms with Crippen LogP contribution in [0.15, 0.2) is 93.9 Å². The summed E-state index contributed by atoms with van der Waals surface area (Å²) in [6.07, 6.45) is 7.82. The molecule has 0 bridgehead atoms. The Hall–Kier alpha value is -4.65. The molecule has 7 heteroatoms. The molecular formula is C28H25N3O4. The smallest absolute Gasteiger partial charge is 0.251 e. The minimum absolute atomic E-state index is 0.224. The van der Waals surface area contributed by atoms with Gasteiger partial charge in [0.15, 0.2) is 0 Å². The summed E-state index contributed by atoms with van der Waals surface area (Å²) in [5, 5.41) is 2.80. The van der Waals surface area contributed by atoms with E-state index in [1.54, 1.807) is 59.6 Å². The zero-order valence-electron chi connectivity index (χ0n) is 19.5. The summed E-state index contributed by atoms with van der Waals surface area (Å²) in [4.78, 5) is 31.3. The van der Waals surface area contributed by atoms with E-state index in [4.69, 9.17) is 8.83 Å². The number of amides is 2. The van der Waals surface area contributed by atoms with Crippen molar-refractivity contribution in [1.82, 2.24) is 4.98 Å². The van der Waals surface area contributed by atoms with Crippen molar-refractivity contribution in [1.29, 1.82) is 0 Å². The summed E-state index contributed by atoms with van der Waals surface area (Å²) in [6, 6.07) is 19.9. The first-order valence-corrected chi connectivity index (χ1v) is 11.1. The maximum Gasteiger partial charge on any atom is 0.251 e. The van der Waals surface area contributed by atoms with Crippen molar-refractivity contribution in [3.8, 4) is 0 Å². The largest absolute Gasteiger partial charge is 0.462 e. The van der Waals surface area contributed by atoms with E-state index in [0.29, 0.717) is 22.9 Å². The molecule has 1 aromatic carbocycles. The van der Waals surface area contributed by atoms with Crippen molar-refractivity contribution in [2.45, 2.75) is 20.4 Å². The number of benzene rings is 1. The van der Waals surface area contributed by atoms with Gasteiger partial charge in [-0.2, -0.15) is 0 Å². The quantitative estimate of drug-likeness (QED) is 0.332. The zero-order valence-corrected chi connectivity index (χ0v) is 19.5. The van der Waals surface area contributed by atoms with Gasteiger partial charge in [-0.1, -0.05) is 6.07 Å². The molecule has 2 amide bonds. The number of carbonyl (C=O) groups is 2. The Morgan fingerprint density at radius 2 is 1.51 bits per heavy atom. The molecular weight excluding hydrogens is 442 g/mol. The number of furan rings is 2. The molecule has 4 aromatic rings. The molecule has 3 aromatic heterocycles. The average molecular weight is 468 g/mol. The van der Waals surface area contributed by atoms with E-state index in [1.807, 2.05) is 44.2 Å². The molecule has 0 saturated heterocycles. The van der Waals surface area contributed by atoms with Gasteiger partial charge >= 0.3 is 0 Å². The summed E-state index contributed by atoms with van der Waals surface area (Å²) in [5.74, 6) is 2.25. The molecule has 3 heterocycles. The maximum absolute atomic E-state index is 13.1. The number of aryl methyl sites for hydroxylation is 2. The molecule has 0 aliphatic carbocycles. The number of anilines is 2. The second-order valence-electron chi connectivity index (χ2n) is 7.85. The Balaban J connectivity index is 1.48. The first kappa shape index (κ1) is 23.5. The number of carbonyl (C=O) groups excluding carboxylic acids is 2. The molecule has 0 spiro atoms. The van der Waals surface area contributed by atoms with Crippen LogP contribution in [0.4, 0.5) is 11.4 Å². The predicted molar refractivity (Wildman–Crippen MR) is 135 cm³/mol. The monoisotopic (exact) mass is 467 g/mol. The fourth-order valence-electron chi connectivity index (χ4n) is 3.35. The van der Waals surface area contributed by atoms with E-state index in [9.17, 15) is 9.59 Å². The number of pyridine rings is 1. The van der Waals surface area contributed by atoms with Crippen LogP contribution < -0.4 is 10.2 Å². The lowest BCUT2D eigenvalue weighted by Crippen LogP contribution is -2.29. The van der Waals surface area contributed by atoms with Gasteiger partial charge in [0, 0.05) is 29.7 Å². The lowest BCUT2D eigenvalue weighted by molar-refractivity contribution is -0.114. The minimum atomic E-state index is -0.287. The highest BCUT2D eigenvalue weighted by molar-refractivity contribution is 6.04. The molecule has 7 nitrogen and oxygen atoms in total. The van der Waals surface area contributed by atoms with E-state index in [-0.39, 0.29) is 18.4 Å². The van der Waals surface area contributed by atoms with Crippen LogP contribution in [-0.4, -0.2) is 16.8 Å². The third-order valence-electron chi connectivity index (χ3n) is 5.07. The van der Waals surface area contributed by atoms with Gasteiger partial charge in [-0.05, 0) is 86.7 Å². The van der Waals surface area contributed by atoms with Crippen molar-refractivity contribution >= 4 is 35.3 Å². The first-order chi connectivity index (χ1) is 17.0. The van der Waals surface area contributed by atoms with Crippen molar-refractivity contribution in [2.24, 2.45) is 0 Å². The molecule has 176 valence electrons. The SMILES string of the molecule is Cc1ccc(/C=C\C(=O)Nc2ccc(N(Cc3ccccn3)C(=O)/C=C/c3ccc(C)o3)cc2)o1. The molecule has 0 aliphatic rings. The van der Waals surface area contributed by atoms with Gasteiger partial charge in [-0.3, -0.25) is 14.6 Å². The van der Waals surface area contributed by atoms with Gasteiger partial charge in [0.05, 0.1) is 12.2 Å². The second kappa shape index (κ2) is 11.0. The minimum Gasteiger partial charge on any atom is -0.462 e. The van der Waals surface area contributed by atoms with E-state index in [2.05, 4.69) is 10.3 Å². The molecule has 0 fully saturated rings. The van der Waals surface area contributed by atoms with Crippen LogP contribution in [0.5, 0.6) is 0 Å². The summed E-state index contributed by atoms with van der Waals surface area (Å²) >= 11 is 0. The van der Waals surface area contributed by atoms with E-state index >= 15 is 0 Å². The van der Waals surface area contributed by atoms with Crippen molar-refractivity contribution in [3.05, 3.63) is 114 Å². The van der Waals surface area contributed by atoms with Crippen molar-refractivity contribution in [3.63, 3.8) is 0 Å². The van der Waals surface area contributed by atoms with E-state index in [0.717, 1.165) is 17.2 Å². The Morgan fingerprint density at radius 3 is 2.09 bits per heavy atom. The van der Waals surface area contributed by atoms with Crippen LogP contribution in [-0.2, 0) is 16.1 Å². The summed E-state index contributed by atoms with van der Waals surface area (Å²) in [5.41, 5.74) is 2.02. The van der Waals surface area contributed by atoms with Crippen molar-refractivity contribution < 1.29 is 18.4 Å². The number of nitrogens with zero attached hydrogens (tertiary/aromatic N) is 2. The van der Waals surface area contributed by atoms with Gasteiger partial charge in [-0.15, -0.1) is 0 Å². The van der Waals surface area contributed by atoms with Gasteiger partial charge < -0.3 is 19.1 Å². The van der Waals surface area contributed by atoms with Crippen molar-refractivity contribution in [2.75, 3.05) is 10.2 Å². The Labute approximate surface area is 203 Å². The van der Waals surface area contributed by atoms with Crippen LogP contribution >= 0.6 is 0 Å². The Morgan fingerprint density at radius 1 is 0.857 bits per heavy atom. The lowest BCUT2D eigenvalue weighted by Gasteiger charge is -2.21. The summed E-state index contributed by atoms with van der Waals surface area (Å²) in [6.45, 7) is 3.98. The van der Waals surface area contributed by atoms with Crippen LogP contribution in [0.2, 0.25) is 0 Å². The second-order valence-corrected chi connectivity index (χ2v) is 7.85. The average Bonchev–Trinajstić information content (AvgIpc) is 3.48. The maximum atomic E-state index is 13.1. The van der Waals surface area contributed by atoms with Crippen LogP contribution in [0.1, 0.15) is 28.7 Å². The van der Waals surface area contributed by atoms with Crippen LogP contribution in [0.3, 0.4) is 0 Å². The first-order valence-electron chi connectivity index (χ1n) is 11.1. The van der Waals surface area contributed by atoms with Gasteiger partial charge in [-0.25, -0.2) is 0 Å². The van der Waals surface area contributed by atoms with Gasteiger partial charge in [0.1, 0.15) is 23.0 Å². The summed E-state index contributed by atoms with van der Waals surface area (Å²) < 4.78 is 10.9. The summed E-state index contributed by atoms with van der Waals surface area (Å²) in [7, 11) is 0. The normalized spacial score (nSPS) is 11.3.